The van der Waals surface area contributed by atoms with Crippen LogP contribution in [0.25, 0.3) is 0 Å². The molecule has 0 aromatic carbocycles. The van der Waals surface area contributed by atoms with Crippen LogP contribution in [0, 0.1) is 0 Å². The summed E-state index contributed by atoms with van der Waals surface area (Å²) in [5, 5.41) is 3.99. The first-order valence-corrected chi connectivity index (χ1v) is 5.35. The Kier molecular flexibility index (Phi) is 6.97. The number of rotatable bonds is 6. The van der Waals surface area contributed by atoms with Gasteiger partial charge in [-0.25, -0.2) is 9.86 Å². The lowest BCUT2D eigenvalue weighted by Crippen LogP contribution is -2.42. The molecule has 1 N–H and O–H groups in total. The van der Waals surface area contributed by atoms with Crippen molar-refractivity contribution in [3.05, 3.63) is 11.8 Å². The summed E-state index contributed by atoms with van der Waals surface area (Å²) in [5.41, 5.74) is 0.564. The number of carbonyl (C=O) groups excluding carboxylic acids is 2. The molecule has 98 valence electrons. The SMILES string of the molecule is CCOC(=O)/C=C(/C)NC(C)C(=O)N(C)OC. The highest BCUT2D eigenvalue weighted by atomic mass is 16.7. The van der Waals surface area contributed by atoms with E-state index >= 15 is 0 Å². The Labute approximate surface area is 102 Å². The summed E-state index contributed by atoms with van der Waals surface area (Å²) in [6, 6.07) is -0.481. The van der Waals surface area contributed by atoms with Crippen molar-refractivity contribution < 1.29 is 19.2 Å². The van der Waals surface area contributed by atoms with Crippen molar-refractivity contribution in [1.82, 2.24) is 10.4 Å². The smallest absolute Gasteiger partial charge is 0.332 e. The molecule has 0 aliphatic heterocycles. The Morgan fingerprint density at radius 3 is 2.53 bits per heavy atom. The second kappa shape index (κ2) is 7.67. The van der Waals surface area contributed by atoms with Gasteiger partial charge in [0.05, 0.1) is 13.7 Å². The zero-order valence-electron chi connectivity index (χ0n) is 10.9. The molecular weight excluding hydrogens is 224 g/mol. The summed E-state index contributed by atoms with van der Waals surface area (Å²) in [5.74, 6) is -0.665. The van der Waals surface area contributed by atoms with Crippen molar-refractivity contribution in [2.75, 3.05) is 20.8 Å². The predicted molar refractivity (Wildman–Crippen MR) is 62.8 cm³/mol. The van der Waals surface area contributed by atoms with Gasteiger partial charge in [0.15, 0.2) is 0 Å². The molecule has 1 unspecified atom stereocenters. The lowest BCUT2D eigenvalue weighted by Gasteiger charge is -2.20. The molecule has 0 saturated heterocycles. The van der Waals surface area contributed by atoms with Gasteiger partial charge in [0.2, 0.25) is 0 Å². The maximum absolute atomic E-state index is 11.6. The Balaban J connectivity index is 4.33. The van der Waals surface area contributed by atoms with E-state index in [2.05, 4.69) is 5.32 Å². The van der Waals surface area contributed by atoms with Crippen LogP contribution in [0.15, 0.2) is 11.8 Å². The molecule has 0 aliphatic carbocycles. The minimum atomic E-state index is -0.481. The number of allylic oxidation sites excluding steroid dienone is 1. The molecule has 0 heterocycles. The normalized spacial score (nSPS) is 12.9. The molecular formula is C11H20N2O4. The van der Waals surface area contributed by atoms with Gasteiger partial charge in [-0.05, 0) is 20.8 Å². The molecule has 0 aliphatic rings. The minimum absolute atomic E-state index is 0.232. The fourth-order valence-corrected chi connectivity index (χ4v) is 1.17. The topological polar surface area (TPSA) is 67.9 Å². The maximum atomic E-state index is 11.6. The van der Waals surface area contributed by atoms with Gasteiger partial charge in [0, 0.05) is 18.8 Å². The standard InChI is InChI=1S/C11H20N2O4/c1-6-17-10(14)7-8(2)12-9(3)11(15)13(4)16-5/h7,9,12H,6H2,1-5H3/b8-7-. The van der Waals surface area contributed by atoms with Gasteiger partial charge in [-0.15, -0.1) is 0 Å². The second-order valence-corrected chi connectivity index (χ2v) is 3.46. The number of carbonyl (C=O) groups is 2. The van der Waals surface area contributed by atoms with Gasteiger partial charge in [0.1, 0.15) is 6.04 Å². The van der Waals surface area contributed by atoms with Gasteiger partial charge in [-0.3, -0.25) is 9.63 Å². The molecule has 0 fully saturated rings. The van der Waals surface area contributed by atoms with Crippen molar-refractivity contribution in [2.24, 2.45) is 0 Å². The fourth-order valence-electron chi connectivity index (χ4n) is 1.17. The predicted octanol–water partition coefficient (Wildman–Crippen LogP) is 0.451. The highest BCUT2D eigenvalue weighted by Crippen LogP contribution is 1.97. The van der Waals surface area contributed by atoms with Crippen LogP contribution in [0.2, 0.25) is 0 Å². The van der Waals surface area contributed by atoms with Crippen LogP contribution < -0.4 is 5.32 Å². The van der Waals surface area contributed by atoms with Crippen molar-refractivity contribution in [3.63, 3.8) is 0 Å². The zero-order valence-corrected chi connectivity index (χ0v) is 10.9. The molecule has 0 aromatic heterocycles. The summed E-state index contributed by atoms with van der Waals surface area (Å²) in [4.78, 5) is 27.5. The Morgan fingerprint density at radius 1 is 1.47 bits per heavy atom. The summed E-state index contributed by atoms with van der Waals surface area (Å²) < 4.78 is 4.75. The van der Waals surface area contributed by atoms with Gasteiger partial charge in [0.25, 0.3) is 5.91 Å². The number of amides is 1. The molecule has 6 nitrogen and oxygen atoms in total. The lowest BCUT2D eigenvalue weighted by atomic mass is 10.3. The van der Waals surface area contributed by atoms with Crippen LogP contribution in [-0.4, -0.2) is 43.7 Å². The van der Waals surface area contributed by atoms with Crippen LogP contribution in [-0.2, 0) is 19.2 Å². The number of ether oxygens (including phenoxy) is 1. The second-order valence-electron chi connectivity index (χ2n) is 3.46. The van der Waals surface area contributed by atoms with Crippen LogP contribution in [0.3, 0.4) is 0 Å². The third-order valence-corrected chi connectivity index (χ3v) is 2.02. The summed E-state index contributed by atoms with van der Waals surface area (Å²) >= 11 is 0. The average Bonchev–Trinajstić information content (AvgIpc) is 2.26. The number of esters is 1. The highest BCUT2D eigenvalue weighted by molar-refractivity contribution is 5.83. The van der Waals surface area contributed by atoms with Crippen LogP contribution >= 0.6 is 0 Å². The largest absolute Gasteiger partial charge is 0.463 e. The number of nitrogens with one attached hydrogen (secondary N) is 1. The molecule has 0 radical (unpaired) electrons. The quantitative estimate of drug-likeness (QED) is 0.417. The van der Waals surface area contributed by atoms with Gasteiger partial charge in [-0.2, -0.15) is 0 Å². The Morgan fingerprint density at radius 2 is 2.06 bits per heavy atom. The van der Waals surface area contributed by atoms with E-state index in [1.54, 1.807) is 20.8 Å². The molecule has 0 spiro atoms. The lowest BCUT2D eigenvalue weighted by molar-refractivity contribution is -0.170. The fraction of sp³-hybridized carbons (Fsp3) is 0.636. The molecule has 0 saturated carbocycles. The zero-order chi connectivity index (χ0) is 13.4. The van der Waals surface area contributed by atoms with E-state index in [1.165, 1.54) is 20.2 Å². The number of hydrogen-bond donors (Lipinski definition) is 1. The van der Waals surface area contributed by atoms with E-state index in [0.717, 1.165) is 5.06 Å². The van der Waals surface area contributed by atoms with Gasteiger partial charge in [-0.1, -0.05) is 0 Å². The molecule has 17 heavy (non-hydrogen) atoms. The van der Waals surface area contributed by atoms with E-state index < -0.39 is 12.0 Å². The van der Waals surface area contributed by atoms with E-state index in [9.17, 15) is 9.59 Å². The number of likely N-dealkylation sites (N-methyl/N-ethyl adjacent to an activating group) is 1. The minimum Gasteiger partial charge on any atom is -0.463 e. The first-order valence-electron chi connectivity index (χ1n) is 5.35. The first-order chi connectivity index (χ1) is 7.92. The molecule has 0 bridgehead atoms. The molecule has 0 rings (SSSR count). The van der Waals surface area contributed by atoms with Crippen molar-refractivity contribution in [3.8, 4) is 0 Å². The van der Waals surface area contributed by atoms with Crippen LogP contribution in [0.4, 0.5) is 0 Å². The summed E-state index contributed by atoms with van der Waals surface area (Å²) in [6.45, 7) is 5.42. The number of hydrogen-bond acceptors (Lipinski definition) is 5. The van der Waals surface area contributed by atoms with Crippen molar-refractivity contribution >= 4 is 11.9 Å². The van der Waals surface area contributed by atoms with E-state index in [-0.39, 0.29) is 5.91 Å². The third kappa shape index (κ3) is 5.91. The van der Waals surface area contributed by atoms with Crippen molar-refractivity contribution in [1.29, 1.82) is 0 Å². The molecule has 1 atom stereocenters. The van der Waals surface area contributed by atoms with Crippen LogP contribution in [0.1, 0.15) is 20.8 Å². The number of hydroxylamine groups is 2. The van der Waals surface area contributed by atoms with E-state index in [4.69, 9.17) is 9.57 Å². The van der Waals surface area contributed by atoms with Gasteiger partial charge >= 0.3 is 5.97 Å². The van der Waals surface area contributed by atoms with Crippen LogP contribution in [0.5, 0.6) is 0 Å². The van der Waals surface area contributed by atoms with E-state index in [1.807, 2.05) is 0 Å². The average molecular weight is 244 g/mol. The Bertz CT molecular complexity index is 302. The summed E-state index contributed by atoms with van der Waals surface area (Å²) in [6.07, 6.45) is 1.31. The Hall–Kier alpha value is -1.56. The van der Waals surface area contributed by atoms with Gasteiger partial charge < -0.3 is 10.1 Å². The van der Waals surface area contributed by atoms with E-state index in [0.29, 0.717) is 12.3 Å². The molecule has 6 heteroatoms. The maximum Gasteiger partial charge on any atom is 0.332 e. The molecule has 1 amide bonds. The summed E-state index contributed by atoms with van der Waals surface area (Å²) in [7, 11) is 2.93. The molecule has 0 aromatic rings. The van der Waals surface area contributed by atoms with Crippen molar-refractivity contribution in [2.45, 2.75) is 26.8 Å². The highest BCUT2D eigenvalue weighted by Gasteiger charge is 2.17. The number of nitrogens with zero attached hydrogens (tertiary/aromatic N) is 1. The third-order valence-electron chi connectivity index (χ3n) is 2.02. The monoisotopic (exact) mass is 244 g/mol. The first kappa shape index (κ1) is 15.4.